The van der Waals surface area contributed by atoms with E-state index in [0.29, 0.717) is 44.4 Å². The Balaban J connectivity index is 1.89. The lowest BCUT2D eigenvalue weighted by Gasteiger charge is -2.13. The molecule has 0 unspecified atom stereocenters. The molecule has 1 aromatic heterocycles. The van der Waals surface area contributed by atoms with Gasteiger partial charge in [0.2, 0.25) is 0 Å². The maximum Gasteiger partial charge on any atom is 0.416 e. The van der Waals surface area contributed by atoms with Gasteiger partial charge in [0.1, 0.15) is 5.69 Å². The van der Waals surface area contributed by atoms with Gasteiger partial charge in [-0.3, -0.25) is 4.68 Å². The lowest BCUT2D eigenvalue weighted by atomic mass is 10.1. The molecule has 0 aliphatic heterocycles. The molecular formula is C27H24BrF3N2O4. The van der Waals surface area contributed by atoms with Gasteiger partial charge in [-0.05, 0) is 70.0 Å². The Labute approximate surface area is 220 Å². The highest BCUT2D eigenvalue weighted by atomic mass is 79.9. The molecule has 0 atom stereocenters. The molecular weight excluding hydrogens is 553 g/mol. The van der Waals surface area contributed by atoms with E-state index in [2.05, 4.69) is 15.9 Å². The third kappa shape index (κ3) is 5.39. The van der Waals surface area contributed by atoms with Crippen LogP contribution in [0.2, 0.25) is 0 Å². The molecule has 10 heteroatoms. The minimum absolute atomic E-state index is 0.0967. The van der Waals surface area contributed by atoms with Crippen molar-refractivity contribution in [3.63, 3.8) is 0 Å². The zero-order chi connectivity index (χ0) is 26.7. The number of benzene rings is 3. The number of ether oxygens (including phenoxy) is 4. The summed E-state index contributed by atoms with van der Waals surface area (Å²) in [4.78, 5) is 0. The molecule has 0 N–H and O–H groups in total. The first kappa shape index (κ1) is 26.4. The SMILES string of the molecule is COc1ccc(-c2nn(Cc3cccc(C(F)(F)F)c3)c(-c3ccc(OC)c(OC)c3)c2Br)cc1OC. The van der Waals surface area contributed by atoms with Gasteiger partial charge in [-0.2, -0.15) is 18.3 Å². The monoisotopic (exact) mass is 576 g/mol. The van der Waals surface area contributed by atoms with Crippen LogP contribution in [0.15, 0.2) is 65.1 Å². The molecule has 4 rings (SSSR count). The summed E-state index contributed by atoms with van der Waals surface area (Å²) in [5.41, 5.74) is 2.43. The third-order valence-electron chi connectivity index (χ3n) is 5.80. The van der Waals surface area contributed by atoms with E-state index in [1.807, 2.05) is 12.1 Å². The van der Waals surface area contributed by atoms with Gasteiger partial charge in [-0.1, -0.05) is 12.1 Å². The van der Waals surface area contributed by atoms with Gasteiger partial charge in [0.05, 0.1) is 50.7 Å². The number of nitrogens with zero attached hydrogens (tertiary/aromatic N) is 2. The second kappa shape index (κ2) is 10.8. The van der Waals surface area contributed by atoms with Crippen molar-refractivity contribution in [1.29, 1.82) is 0 Å². The molecule has 6 nitrogen and oxygen atoms in total. The fourth-order valence-corrected chi connectivity index (χ4v) is 4.74. The topological polar surface area (TPSA) is 54.7 Å². The van der Waals surface area contributed by atoms with Crippen molar-refractivity contribution < 1.29 is 32.1 Å². The Bertz CT molecular complexity index is 1420. The molecule has 0 saturated heterocycles. The normalized spacial score (nSPS) is 11.4. The highest BCUT2D eigenvalue weighted by molar-refractivity contribution is 9.10. The molecule has 0 bridgehead atoms. The number of methoxy groups -OCH3 is 4. The Hall–Kier alpha value is -3.66. The molecule has 0 fully saturated rings. The Morgan fingerprint density at radius 1 is 0.757 bits per heavy atom. The highest BCUT2D eigenvalue weighted by Gasteiger charge is 2.30. The molecule has 3 aromatic carbocycles. The molecule has 0 aliphatic carbocycles. The van der Waals surface area contributed by atoms with Gasteiger partial charge in [0.15, 0.2) is 23.0 Å². The average molecular weight is 577 g/mol. The molecule has 4 aromatic rings. The predicted molar refractivity (Wildman–Crippen MR) is 138 cm³/mol. The van der Waals surface area contributed by atoms with E-state index in [1.165, 1.54) is 20.3 Å². The number of hydrogen-bond donors (Lipinski definition) is 0. The van der Waals surface area contributed by atoms with Gasteiger partial charge >= 0.3 is 6.18 Å². The maximum atomic E-state index is 13.4. The lowest BCUT2D eigenvalue weighted by Crippen LogP contribution is -2.08. The van der Waals surface area contributed by atoms with E-state index in [4.69, 9.17) is 24.0 Å². The predicted octanol–water partition coefficient (Wildman–Crippen LogP) is 7.08. The molecule has 0 spiro atoms. The molecule has 0 saturated carbocycles. The first-order valence-corrected chi connectivity index (χ1v) is 11.9. The third-order valence-corrected chi connectivity index (χ3v) is 6.55. The van der Waals surface area contributed by atoms with E-state index in [9.17, 15) is 13.2 Å². The fourth-order valence-electron chi connectivity index (χ4n) is 4.00. The number of hydrogen-bond acceptors (Lipinski definition) is 5. The van der Waals surface area contributed by atoms with E-state index in [0.717, 1.165) is 23.3 Å². The van der Waals surface area contributed by atoms with Crippen LogP contribution in [0, 0.1) is 0 Å². The van der Waals surface area contributed by atoms with Crippen molar-refractivity contribution >= 4 is 15.9 Å². The van der Waals surface area contributed by atoms with Crippen molar-refractivity contribution in [3.05, 3.63) is 76.3 Å². The summed E-state index contributed by atoms with van der Waals surface area (Å²) in [5, 5.41) is 4.79. The van der Waals surface area contributed by atoms with Crippen LogP contribution < -0.4 is 18.9 Å². The molecule has 37 heavy (non-hydrogen) atoms. The van der Waals surface area contributed by atoms with Gasteiger partial charge in [0.25, 0.3) is 0 Å². The van der Waals surface area contributed by atoms with Crippen LogP contribution in [-0.4, -0.2) is 38.2 Å². The highest BCUT2D eigenvalue weighted by Crippen LogP contribution is 2.42. The van der Waals surface area contributed by atoms with E-state index in [-0.39, 0.29) is 6.54 Å². The molecule has 0 radical (unpaired) electrons. The van der Waals surface area contributed by atoms with Gasteiger partial charge in [0, 0.05) is 11.1 Å². The summed E-state index contributed by atoms with van der Waals surface area (Å²) in [5.74, 6) is 2.13. The Kier molecular flexibility index (Phi) is 7.68. The number of alkyl halides is 3. The second-order valence-corrected chi connectivity index (χ2v) is 8.80. The lowest BCUT2D eigenvalue weighted by molar-refractivity contribution is -0.137. The van der Waals surface area contributed by atoms with Gasteiger partial charge in [-0.25, -0.2) is 0 Å². The summed E-state index contributed by atoms with van der Waals surface area (Å²) >= 11 is 3.69. The van der Waals surface area contributed by atoms with Crippen LogP contribution in [-0.2, 0) is 12.7 Å². The maximum absolute atomic E-state index is 13.4. The summed E-state index contributed by atoms with van der Waals surface area (Å²) in [7, 11) is 6.16. The van der Waals surface area contributed by atoms with Crippen molar-refractivity contribution in [2.24, 2.45) is 0 Å². The van der Waals surface area contributed by atoms with E-state index in [1.54, 1.807) is 49.2 Å². The Morgan fingerprint density at radius 2 is 1.32 bits per heavy atom. The van der Waals surface area contributed by atoms with Crippen molar-refractivity contribution in [1.82, 2.24) is 9.78 Å². The minimum atomic E-state index is -4.45. The van der Waals surface area contributed by atoms with Crippen LogP contribution >= 0.6 is 15.9 Å². The van der Waals surface area contributed by atoms with Crippen LogP contribution in [0.5, 0.6) is 23.0 Å². The first-order valence-electron chi connectivity index (χ1n) is 11.1. The van der Waals surface area contributed by atoms with Crippen LogP contribution in [0.3, 0.4) is 0 Å². The quantitative estimate of drug-likeness (QED) is 0.224. The molecule has 0 amide bonds. The van der Waals surface area contributed by atoms with Crippen molar-refractivity contribution in [2.75, 3.05) is 28.4 Å². The van der Waals surface area contributed by atoms with Crippen LogP contribution in [0.1, 0.15) is 11.1 Å². The zero-order valence-corrected chi connectivity index (χ0v) is 22.1. The van der Waals surface area contributed by atoms with Crippen molar-refractivity contribution in [2.45, 2.75) is 12.7 Å². The summed E-state index contributed by atoms with van der Waals surface area (Å²) in [6.45, 7) is 0.0967. The number of halogens is 4. The number of rotatable bonds is 8. The van der Waals surface area contributed by atoms with Crippen molar-refractivity contribution in [3.8, 4) is 45.5 Å². The van der Waals surface area contributed by atoms with Gasteiger partial charge < -0.3 is 18.9 Å². The average Bonchev–Trinajstić information content (AvgIpc) is 3.22. The summed E-state index contributed by atoms with van der Waals surface area (Å²) in [6.07, 6.45) is -4.45. The van der Waals surface area contributed by atoms with E-state index < -0.39 is 11.7 Å². The first-order chi connectivity index (χ1) is 17.7. The summed E-state index contributed by atoms with van der Waals surface area (Å²) < 4.78 is 64.0. The van der Waals surface area contributed by atoms with Crippen LogP contribution in [0.25, 0.3) is 22.5 Å². The largest absolute Gasteiger partial charge is 0.493 e. The second-order valence-electron chi connectivity index (χ2n) is 8.01. The molecule has 1 heterocycles. The van der Waals surface area contributed by atoms with Crippen LogP contribution in [0.4, 0.5) is 13.2 Å². The number of aromatic nitrogens is 2. The molecule has 0 aliphatic rings. The fraction of sp³-hybridized carbons (Fsp3) is 0.222. The van der Waals surface area contributed by atoms with E-state index >= 15 is 0 Å². The standard InChI is InChI=1S/C27H24BrF3N2O4/c1-34-20-10-8-17(13-22(20)36-3)25-24(28)26(18-9-11-21(35-2)23(14-18)37-4)33(32-25)15-16-6-5-7-19(12-16)27(29,30)31/h5-14H,15H2,1-4H3. The zero-order valence-electron chi connectivity index (χ0n) is 20.5. The minimum Gasteiger partial charge on any atom is -0.493 e. The molecule has 194 valence electrons. The Morgan fingerprint density at radius 3 is 1.89 bits per heavy atom. The smallest absolute Gasteiger partial charge is 0.416 e. The van der Waals surface area contributed by atoms with Gasteiger partial charge in [-0.15, -0.1) is 0 Å². The summed E-state index contributed by atoms with van der Waals surface area (Å²) in [6, 6.07) is 16.0.